The van der Waals surface area contributed by atoms with Gasteiger partial charge in [0.15, 0.2) is 0 Å². The third-order valence-electron chi connectivity index (χ3n) is 3.69. The minimum atomic E-state index is -3.41. The van der Waals surface area contributed by atoms with Crippen molar-refractivity contribution >= 4 is 21.6 Å². The zero-order valence-electron chi connectivity index (χ0n) is 11.6. The number of ether oxygens (including phenoxy) is 1. The number of hydrogen-bond acceptors (Lipinski definition) is 3. The summed E-state index contributed by atoms with van der Waals surface area (Å²) in [6.45, 7) is 0.412. The zero-order chi connectivity index (χ0) is 14.6. The van der Waals surface area contributed by atoms with Crippen LogP contribution in [0.25, 0.3) is 0 Å². The van der Waals surface area contributed by atoms with Gasteiger partial charge in [-0.15, -0.1) is 11.6 Å². The second-order valence-corrected chi connectivity index (χ2v) is 7.34. The van der Waals surface area contributed by atoms with Crippen molar-refractivity contribution in [3.05, 3.63) is 24.3 Å². The summed E-state index contributed by atoms with van der Waals surface area (Å²) < 4.78 is 31.9. The van der Waals surface area contributed by atoms with Crippen LogP contribution < -0.4 is 4.74 Å². The number of rotatable bonds is 6. The summed E-state index contributed by atoms with van der Waals surface area (Å²) in [6.07, 6.45) is 4.12. The molecule has 0 atom stereocenters. The average Bonchev–Trinajstić information content (AvgIpc) is 2.98. The van der Waals surface area contributed by atoms with Gasteiger partial charge in [-0.3, -0.25) is 0 Å². The van der Waals surface area contributed by atoms with Crippen molar-refractivity contribution in [3.63, 3.8) is 0 Å². The third-order valence-corrected chi connectivity index (χ3v) is 5.76. The van der Waals surface area contributed by atoms with Crippen LogP contribution in [0, 0.1) is 0 Å². The predicted octanol–water partition coefficient (Wildman–Crippen LogP) is 2.87. The Kier molecular flexibility index (Phi) is 5.29. The van der Waals surface area contributed by atoms with Crippen LogP contribution >= 0.6 is 11.6 Å². The molecule has 0 amide bonds. The number of alkyl halides is 1. The number of nitrogens with zero attached hydrogens (tertiary/aromatic N) is 1. The third kappa shape index (κ3) is 3.45. The Morgan fingerprint density at radius 2 is 1.85 bits per heavy atom. The van der Waals surface area contributed by atoms with Crippen LogP contribution in [-0.2, 0) is 10.0 Å². The van der Waals surface area contributed by atoms with Crippen molar-refractivity contribution in [2.24, 2.45) is 0 Å². The first-order valence-corrected chi connectivity index (χ1v) is 8.80. The summed E-state index contributed by atoms with van der Waals surface area (Å²) in [4.78, 5) is 0.310. The molecule has 0 unspecified atom stereocenters. The summed E-state index contributed by atoms with van der Waals surface area (Å²) in [7, 11) is -1.74. The lowest BCUT2D eigenvalue weighted by Crippen LogP contribution is -2.35. The minimum Gasteiger partial charge on any atom is -0.492 e. The van der Waals surface area contributed by atoms with Crippen molar-refractivity contribution in [1.29, 1.82) is 0 Å². The standard InChI is InChI=1S/C14H20ClNO3S/c1-16(12-4-2-3-5-12)20(17,18)14-8-6-13(7-9-14)19-11-10-15/h6-9,12H,2-5,10-11H2,1H3. The molecule has 1 saturated carbocycles. The molecular weight excluding hydrogens is 298 g/mol. The van der Waals surface area contributed by atoms with E-state index in [0.29, 0.717) is 23.1 Å². The Labute approximate surface area is 125 Å². The molecule has 0 N–H and O–H groups in total. The van der Waals surface area contributed by atoms with Crippen molar-refractivity contribution in [3.8, 4) is 5.75 Å². The van der Waals surface area contributed by atoms with Gasteiger partial charge in [-0.2, -0.15) is 4.31 Å². The molecule has 0 aromatic heterocycles. The highest BCUT2D eigenvalue weighted by molar-refractivity contribution is 7.89. The van der Waals surface area contributed by atoms with Crippen molar-refractivity contribution in [2.75, 3.05) is 19.5 Å². The number of benzene rings is 1. The molecule has 0 radical (unpaired) electrons. The molecule has 0 heterocycles. The molecule has 1 aliphatic carbocycles. The van der Waals surface area contributed by atoms with Gasteiger partial charge in [0, 0.05) is 13.1 Å². The Balaban J connectivity index is 2.12. The molecule has 1 fully saturated rings. The molecule has 2 rings (SSSR count). The van der Waals surface area contributed by atoms with Gasteiger partial charge in [0.25, 0.3) is 0 Å². The average molecular weight is 318 g/mol. The normalized spacial score (nSPS) is 16.8. The fraction of sp³-hybridized carbons (Fsp3) is 0.571. The van der Waals surface area contributed by atoms with E-state index in [0.717, 1.165) is 25.7 Å². The van der Waals surface area contributed by atoms with Gasteiger partial charge in [0.2, 0.25) is 10.0 Å². The van der Waals surface area contributed by atoms with E-state index in [2.05, 4.69) is 0 Å². The lowest BCUT2D eigenvalue weighted by Gasteiger charge is -2.23. The summed E-state index contributed by atoms with van der Waals surface area (Å²) in [5.74, 6) is 1.04. The Hall–Kier alpha value is -0.780. The van der Waals surface area contributed by atoms with E-state index < -0.39 is 10.0 Å². The lowest BCUT2D eigenvalue weighted by molar-refractivity contribution is 0.342. The molecule has 1 aliphatic rings. The highest BCUT2D eigenvalue weighted by atomic mass is 35.5. The maximum atomic E-state index is 12.5. The van der Waals surface area contributed by atoms with E-state index in [4.69, 9.17) is 16.3 Å². The highest BCUT2D eigenvalue weighted by Crippen LogP contribution is 2.27. The van der Waals surface area contributed by atoms with Crippen LogP contribution in [0.3, 0.4) is 0 Å². The van der Waals surface area contributed by atoms with E-state index in [1.807, 2.05) is 0 Å². The molecule has 0 saturated heterocycles. The van der Waals surface area contributed by atoms with Gasteiger partial charge >= 0.3 is 0 Å². The first-order valence-electron chi connectivity index (χ1n) is 6.82. The molecule has 20 heavy (non-hydrogen) atoms. The van der Waals surface area contributed by atoms with Gasteiger partial charge in [0.1, 0.15) is 12.4 Å². The number of hydrogen-bond donors (Lipinski definition) is 0. The topological polar surface area (TPSA) is 46.6 Å². The second kappa shape index (κ2) is 6.78. The minimum absolute atomic E-state index is 0.132. The first-order chi connectivity index (χ1) is 9.55. The van der Waals surface area contributed by atoms with Crippen LogP contribution in [0.2, 0.25) is 0 Å². The smallest absolute Gasteiger partial charge is 0.243 e. The molecule has 0 aliphatic heterocycles. The lowest BCUT2D eigenvalue weighted by atomic mass is 10.3. The molecular formula is C14H20ClNO3S. The maximum Gasteiger partial charge on any atom is 0.243 e. The van der Waals surface area contributed by atoms with Crippen LogP contribution in [0.1, 0.15) is 25.7 Å². The van der Waals surface area contributed by atoms with Gasteiger partial charge in [0.05, 0.1) is 10.8 Å². The largest absolute Gasteiger partial charge is 0.492 e. The van der Waals surface area contributed by atoms with E-state index in [1.165, 1.54) is 4.31 Å². The van der Waals surface area contributed by atoms with Crippen LogP contribution in [0.5, 0.6) is 5.75 Å². The Bertz CT molecular complexity index is 524. The second-order valence-electron chi connectivity index (χ2n) is 4.97. The van der Waals surface area contributed by atoms with Gasteiger partial charge in [-0.05, 0) is 37.1 Å². The number of sulfonamides is 1. The van der Waals surface area contributed by atoms with E-state index in [-0.39, 0.29) is 6.04 Å². The van der Waals surface area contributed by atoms with Crippen molar-refractivity contribution in [2.45, 2.75) is 36.6 Å². The van der Waals surface area contributed by atoms with E-state index in [9.17, 15) is 8.42 Å². The molecule has 0 spiro atoms. The van der Waals surface area contributed by atoms with E-state index >= 15 is 0 Å². The molecule has 1 aromatic rings. The summed E-state index contributed by atoms with van der Waals surface area (Å²) in [6, 6.07) is 6.64. The fourth-order valence-corrected chi connectivity index (χ4v) is 3.99. The van der Waals surface area contributed by atoms with Crippen LogP contribution in [0.15, 0.2) is 29.2 Å². The Morgan fingerprint density at radius 3 is 2.40 bits per heavy atom. The molecule has 4 nitrogen and oxygen atoms in total. The fourth-order valence-electron chi connectivity index (χ4n) is 2.49. The summed E-state index contributed by atoms with van der Waals surface area (Å²) >= 11 is 5.54. The van der Waals surface area contributed by atoms with Crippen LogP contribution in [0.4, 0.5) is 0 Å². The summed E-state index contributed by atoms with van der Waals surface area (Å²) in [5, 5.41) is 0. The quantitative estimate of drug-likeness (QED) is 0.758. The van der Waals surface area contributed by atoms with Gasteiger partial charge in [-0.25, -0.2) is 8.42 Å². The molecule has 0 bridgehead atoms. The van der Waals surface area contributed by atoms with E-state index in [1.54, 1.807) is 31.3 Å². The predicted molar refractivity (Wildman–Crippen MR) is 79.9 cm³/mol. The number of halogens is 1. The Morgan fingerprint density at radius 1 is 1.25 bits per heavy atom. The van der Waals surface area contributed by atoms with Crippen molar-refractivity contribution in [1.82, 2.24) is 4.31 Å². The summed E-state index contributed by atoms with van der Waals surface area (Å²) in [5.41, 5.74) is 0. The molecule has 6 heteroatoms. The molecule has 1 aromatic carbocycles. The van der Waals surface area contributed by atoms with Gasteiger partial charge in [-0.1, -0.05) is 12.8 Å². The monoisotopic (exact) mass is 317 g/mol. The van der Waals surface area contributed by atoms with Crippen molar-refractivity contribution < 1.29 is 13.2 Å². The van der Waals surface area contributed by atoms with Crippen LogP contribution in [-0.4, -0.2) is 38.3 Å². The maximum absolute atomic E-state index is 12.5. The molecule has 112 valence electrons. The van der Waals surface area contributed by atoms with Gasteiger partial charge < -0.3 is 4.74 Å². The first kappa shape index (κ1) is 15.6. The zero-order valence-corrected chi connectivity index (χ0v) is 13.2. The highest BCUT2D eigenvalue weighted by Gasteiger charge is 2.29. The SMILES string of the molecule is CN(C1CCCC1)S(=O)(=O)c1ccc(OCCCl)cc1.